The third-order valence-corrected chi connectivity index (χ3v) is 4.29. The van der Waals surface area contributed by atoms with E-state index >= 15 is 0 Å². The van der Waals surface area contributed by atoms with Crippen LogP contribution in [0.4, 0.5) is 4.39 Å². The molecular formula is C21H18FN5O3. The first-order chi connectivity index (χ1) is 14.6. The molecule has 30 heavy (non-hydrogen) atoms. The maximum Gasteiger partial charge on any atom is 0.251 e. The first-order valence-electron chi connectivity index (χ1n) is 9.17. The summed E-state index contributed by atoms with van der Waals surface area (Å²) in [5.74, 6) is 0.767. The van der Waals surface area contributed by atoms with Gasteiger partial charge in [0, 0.05) is 17.2 Å². The van der Waals surface area contributed by atoms with Crippen LogP contribution in [-0.2, 0) is 0 Å². The van der Waals surface area contributed by atoms with Crippen LogP contribution in [0.3, 0.4) is 0 Å². The number of rotatable bonds is 7. The number of halogens is 1. The summed E-state index contributed by atoms with van der Waals surface area (Å²) in [6.45, 7) is 0.427. The summed E-state index contributed by atoms with van der Waals surface area (Å²) >= 11 is 0. The number of aromatic nitrogens is 4. The van der Waals surface area contributed by atoms with Crippen molar-refractivity contribution in [2.24, 2.45) is 0 Å². The molecule has 4 rings (SSSR count). The van der Waals surface area contributed by atoms with Gasteiger partial charge in [0.1, 0.15) is 18.2 Å². The van der Waals surface area contributed by atoms with Gasteiger partial charge in [0.25, 0.3) is 5.91 Å². The van der Waals surface area contributed by atoms with Gasteiger partial charge in [-0.15, -0.1) is 15.3 Å². The topological polar surface area (TPSA) is 90.6 Å². The van der Waals surface area contributed by atoms with Gasteiger partial charge in [-0.25, -0.2) is 4.39 Å². The van der Waals surface area contributed by atoms with Crippen molar-refractivity contribution in [2.75, 3.05) is 20.3 Å². The minimum atomic E-state index is -0.461. The van der Waals surface area contributed by atoms with Crippen LogP contribution in [0.5, 0.6) is 11.6 Å². The van der Waals surface area contributed by atoms with Crippen molar-refractivity contribution in [1.82, 2.24) is 25.1 Å². The van der Waals surface area contributed by atoms with E-state index < -0.39 is 5.82 Å². The van der Waals surface area contributed by atoms with E-state index in [1.807, 2.05) is 24.3 Å². The zero-order chi connectivity index (χ0) is 20.9. The number of nitrogens with one attached hydrogen (secondary N) is 1. The van der Waals surface area contributed by atoms with Crippen LogP contribution in [-0.4, -0.2) is 46.0 Å². The molecule has 1 amide bonds. The van der Waals surface area contributed by atoms with Gasteiger partial charge in [-0.1, -0.05) is 18.2 Å². The number of methoxy groups -OCH3 is 1. The van der Waals surface area contributed by atoms with E-state index in [1.54, 1.807) is 29.8 Å². The zero-order valence-corrected chi connectivity index (χ0v) is 16.1. The average molecular weight is 407 g/mol. The number of nitrogens with zero attached hydrogens (tertiary/aromatic N) is 4. The molecule has 0 saturated heterocycles. The van der Waals surface area contributed by atoms with Crippen molar-refractivity contribution in [1.29, 1.82) is 0 Å². The number of amides is 1. The second-order valence-electron chi connectivity index (χ2n) is 6.31. The molecule has 0 saturated carbocycles. The SMILES string of the molecule is COc1cccc(-c2nnc3ccc(OCCNC(=O)c4cccc(F)c4)nn23)c1. The highest BCUT2D eigenvalue weighted by Gasteiger charge is 2.11. The first kappa shape index (κ1) is 19.3. The van der Waals surface area contributed by atoms with Gasteiger partial charge in [-0.05, 0) is 36.4 Å². The molecule has 152 valence electrons. The lowest BCUT2D eigenvalue weighted by Gasteiger charge is -2.08. The Balaban J connectivity index is 1.42. The fraction of sp³-hybridized carbons (Fsp3) is 0.143. The van der Waals surface area contributed by atoms with Gasteiger partial charge in [-0.3, -0.25) is 4.79 Å². The molecule has 2 aromatic heterocycles. The zero-order valence-electron chi connectivity index (χ0n) is 16.1. The third kappa shape index (κ3) is 4.19. The van der Waals surface area contributed by atoms with Crippen molar-refractivity contribution in [3.63, 3.8) is 0 Å². The number of carbonyl (C=O) groups excluding carboxylic acids is 1. The second-order valence-corrected chi connectivity index (χ2v) is 6.31. The van der Waals surface area contributed by atoms with Crippen LogP contribution >= 0.6 is 0 Å². The molecule has 2 aromatic carbocycles. The molecule has 8 nitrogen and oxygen atoms in total. The van der Waals surface area contributed by atoms with E-state index in [9.17, 15) is 9.18 Å². The summed E-state index contributed by atoms with van der Waals surface area (Å²) in [5, 5.41) is 15.4. The Kier molecular flexibility index (Phi) is 5.51. The van der Waals surface area contributed by atoms with E-state index in [4.69, 9.17) is 9.47 Å². The van der Waals surface area contributed by atoms with Gasteiger partial charge in [-0.2, -0.15) is 4.52 Å². The Hall–Kier alpha value is -4.01. The third-order valence-electron chi connectivity index (χ3n) is 4.29. The number of hydrogen-bond donors (Lipinski definition) is 1. The van der Waals surface area contributed by atoms with Crippen molar-refractivity contribution in [2.45, 2.75) is 0 Å². The maximum atomic E-state index is 13.2. The monoisotopic (exact) mass is 407 g/mol. The van der Waals surface area contributed by atoms with Gasteiger partial charge >= 0.3 is 0 Å². The highest BCUT2D eigenvalue weighted by molar-refractivity contribution is 5.94. The first-order valence-corrected chi connectivity index (χ1v) is 9.17. The second kappa shape index (κ2) is 8.56. The highest BCUT2D eigenvalue weighted by atomic mass is 19.1. The van der Waals surface area contributed by atoms with Crippen molar-refractivity contribution < 1.29 is 18.7 Å². The predicted molar refractivity (Wildman–Crippen MR) is 107 cm³/mol. The number of fused-ring (bicyclic) bond motifs is 1. The van der Waals surface area contributed by atoms with Crippen molar-refractivity contribution >= 4 is 11.6 Å². The van der Waals surface area contributed by atoms with E-state index in [0.29, 0.717) is 23.1 Å². The summed E-state index contributed by atoms with van der Waals surface area (Å²) in [6.07, 6.45) is 0. The fourth-order valence-electron chi connectivity index (χ4n) is 2.84. The predicted octanol–water partition coefficient (Wildman–Crippen LogP) is 2.75. The molecule has 0 bridgehead atoms. The summed E-state index contributed by atoms with van der Waals surface area (Å²) in [5.41, 5.74) is 1.62. The van der Waals surface area contributed by atoms with Crippen LogP contribution in [0.25, 0.3) is 17.0 Å². The van der Waals surface area contributed by atoms with Gasteiger partial charge in [0.15, 0.2) is 11.5 Å². The van der Waals surface area contributed by atoms with Gasteiger partial charge < -0.3 is 14.8 Å². The Morgan fingerprint density at radius 1 is 1.10 bits per heavy atom. The molecule has 0 radical (unpaired) electrons. The fourth-order valence-corrected chi connectivity index (χ4v) is 2.84. The largest absolute Gasteiger partial charge is 0.497 e. The average Bonchev–Trinajstić information content (AvgIpc) is 3.20. The molecule has 0 aliphatic heterocycles. The lowest BCUT2D eigenvalue weighted by atomic mass is 10.2. The summed E-state index contributed by atoms with van der Waals surface area (Å²) in [4.78, 5) is 12.0. The van der Waals surface area contributed by atoms with E-state index in [-0.39, 0.29) is 24.6 Å². The molecule has 9 heteroatoms. The lowest BCUT2D eigenvalue weighted by molar-refractivity contribution is 0.0946. The molecule has 0 aliphatic carbocycles. The minimum Gasteiger partial charge on any atom is -0.497 e. The number of hydrogen-bond acceptors (Lipinski definition) is 6. The van der Waals surface area contributed by atoms with Gasteiger partial charge in [0.05, 0.1) is 13.7 Å². The Morgan fingerprint density at radius 3 is 2.80 bits per heavy atom. The molecule has 0 unspecified atom stereocenters. The summed E-state index contributed by atoms with van der Waals surface area (Å²) < 4.78 is 25.7. The number of ether oxygens (including phenoxy) is 2. The summed E-state index contributed by atoms with van der Waals surface area (Å²) in [7, 11) is 1.60. The Labute approximate surface area is 171 Å². The molecule has 0 fully saturated rings. The standard InChI is InChI=1S/C21H18FN5O3/c1-29-17-7-3-4-14(13-17)20-25-24-18-8-9-19(26-27(18)20)30-11-10-23-21(28)15-5-2-6-16(22)12-15/h2-9,12-13H,10-11H2,1H3,(H,23,28). The minimum absolute atomic E-state index is 0.191. The van der Waals surface area contributed by atoms with E-state index in [0.717, 1.165) is 5.56 Å². The van der Waals surface area contributed by atoms with E-state index in [2.05, 4.69) is 20.6 Å². The molecule has 4 aromatic rings. The normalized spacial score (nSPS) is 10.7. The molecule has 0 aliphatic rings. The molecule has 0 atom stereocenters. The quantitative estimate of drug-likeness (QED) is 0.474. The Bertz CT molecular complexity index is 1190. The van der Waals surface area contributed by atoms with E-state index in [1.165, 1.54) is 18.2 Å². The van der Waals surface area contributed by atoms with Crippen LogP contribution in [0, 0.1) is 5.82 Å². The van der Waals surface area contributed by atoms with Gasteiger partial charge in [0.2, 0.25) is 5.88 Å². The summed E-state index contributed by atoms with van der Waals surface area (Å²) in [6, 6.07) is 16.3. The number of carbonyl (C=O) groups is 1. The molecular weight excluding hydrogens is 389 g/mol. The smallest absolute Gasteiger partial charge is 0.251 e. The van der Waals surface area contributed by atoms with Crippen LogP contribution in [0.2, 0.25) is 0 Å². The van der Waals surface area contributed by atoms with Crippen LogP contribution in [0.15, 0.2) is 60.7 Å². The van der Waals surface area contributed by atoms with Crippen molar-refractivity contribution in [3.05, 3.63) is 72.0 Å². The highest BCUT2D eigenvalue weighted by Crippen LogP contribution is 2.23. The van der Waals surface area contributed by atoms with Crippen molar-refractivity contribution in [3.8, 4) is 23.0 Å². The van der Waals surface area contributed by atoms with Crippen LogP contribution in [0.1, 0.15) is 10.4 Å². The Morgan fingerprint density at radius 2 is 1.97 bits per heavy atom. The molecule has 0 spiro atoms. The lowest BCUT2D eigenvalue weighted by Crippen LogP contribution is -2.28. The number of benzene rings is 2. The molecule has 2 heterocycles. The maximum absolute atomic E-state index is 13.2. The molecule has 1 N–H and O–H groups in total. The van der Waals surface area contributed by atoms with Crippen LogP contribution < -0.4 is 14.8 Å².